The molecule has 2 aromatic carbocycles. The van der Waals surface area contributed by atoms with Crippen LogP contribution in [0.5, 0.6) is 5.75 Å². The lowest BCUT2D eigenvalue weighted by Crippen LogP contribution is -2.50. The van der Waals surface area contributed by atoms with Gasteiger partial charge in [-0.3, -0.25) is 9.59 Å². The molecule has 12 heteroatoms. The number of amides is 2. The number of hydrogen-bond acceptors (Lipinski definition) is 6. The normalized spacial score (nSPS) is 12.2. The molecule has 34 heavy (non-hydrogen) atoms. The van der Waals surface area contributed by atoms with Crippen molar-refractivity contribution in [2.24, 2.45) is 0 Å². The van der Waals surface area contributed by atoms with E-state index in [0.29, 0.717) is 0 Å². The predicted octanol–water partition coefficient (Wildman–Crippen LogP) is 2.12. The van der Waals surface area contributed by atoms with Crippen LogP contribution in [0.4, 0.5) is 8.78 Å². The number of nitriles is 1. The maximum absolute atomic E-state index is 12.8. The summed E-state index contributed by atoms with van der Waals surface area (Å²) in [6.07, 6.45) is 1.69. The van der Waals surface area contributed by atoms with Crippen LogP contribution >= 0.6 is 0 Å². The highest BCUT2D eigenvalue weighted by Crippen LogP contribution is 2.23. The zero-order chi connectivity index (χ0) is 24.7. The number of sulfone groups is 1. The summed E-state index contributed by atoms with van der Waals surface area (Å²) in [4.78, 5) is 28.2. The van der Waals surface area contributed by atoms with Crippen molar-refractivity contribution in [1.82, 2.24) is 15.6 Å². The van der Waals surface area contributed by atoms with Gasteiger partial charge in [-0.1, -0.05) is 18.2 Å². The van der Waals surface area contributed by atoms with Crippen LogP contribution in [0.1, 0.15) is 15.9 Å². The minimum absolute atomic E-state index is 0.0248. The van der Waals surface area contributed by atoms with Gasteiger partial charge in [0.25, 0.3) is 5.91 Å². The van der Waals surface area contributed by atoms with Gasteiger partial charge < -0.3 is 20.4 Å². The van der Waals surface area contributed by atoms with Crippen molar-refractivity contribution in [1.29, 1.82) is 5.26 Å². The highest BCUT2D eigenvalue weighted by atomic mass is 32.2. The van der Waals surface area contributed by atoms with Gasteiger partial charge in [0.05, 0.1) is 17.6 Å². The first-order valence-corrected chi connectivity index (χ1v) is 11.8. The van der Waals surface area contributed by atoms with Crippen molar-refractivity contribution in [2.45, 2.75) is 18.4 Å². The van der Waals surface area contributed by atoms with Crippen molar-refractivity contribution in [3.05, 3.63) is 65.9 Å². The molecule has 1 aromatic heterocycles. The molecule has 0 aliphatic rings. The van der Waals surface area contributed by atoms with Crippen molar-refractivity contribution in [2.75, 3.05) is 12.3 Å². The van der Waals surface area contributed by atoms with Crippen molar-refractivity contribution >= 4 is 32.6 Å². The molecule has 0 aliphatic carbocycles. The molecule has 178 valence electrons. The second-order valence-corrected chi connectivity index (χ2v) is 9.33. The van der Waals surface area contributed by atoms with Crippen LogP contribution in [0, 0.1) is 11.3 Å². The Morgan fingerprint density at radius 3 is 2.65 bits per heavy atom. The second kappa shape index (κ2) is 10.8. The Labute approximate surface area is 193 Å². The van der Waals surface area contributed by atoms with E-state index in [-0.39, 0.29) is 16.9 Å². The molecule has 2 amide bonds. The van der Waals surface area contributed by atoms with Gasteiger partial charge in [-0.05, 0) is 30.3 Å². The van der Waals surface area contributed by atoms with Crippen LogP contribution in [0.3, 0.4) is 0 Å². The van der Waals surface area contributed by atoms with Crippen LogP contribution in [-0.2, 0) is 20.4 Å². The van der Waals surface area contributed by atoms with Crippen molar-refractivity contribution in [3.63, 3.8) is 0 Å². The van der Waals surface area contributed by atoms with Gasteiger partial charge in [0.2, 0.25) is 5.91 Å². The molecule has 3 aromatic rings. The number of benzene rings is 2. The quantitative estimate of drug-likeness (QED) is 0.372. The number of fused-ring (bicyclic) bond motifs is 1. The fourth-order valence-electron chi connectivity index (χ4n) is 3.25. The number of para-hydroxylation sites is 1. The number of rotatable bonds is 10. The number of alkyl halides is 2. The monoisotopic (exact) mass is 490 g/mol. The molecule has 0 saturated carbocycles. The minimum atomic E-state index is -4.10. The first-order valence-electron chi connectivity index (χ1n) is 9.94. The standard InChI is InChI=1S/C22H20F2N4O5S/c23-22(24)33-19-4-2-1-3-16(19)12-34(31,32)13-18(21(30)27-10-8-25)28-20(29)15-5-6-17-14(11-15)7-9-26-17/h1-7,9,11,18,22,26H,10,12-13H2,(H,27,30)(H,28,29)/t18-/m0/s1. The number of nitrogens with one attached hydrogen (secondary N) is 3. The molecular weight excluding hydrogens is 470 g/mol. The Morgan fingerprint density at radius 1 is 1.15 bits per heavy atom. The molecule has 0 radical (unpaired) electrons. The fraction of sp³-hybridized carbons (Fsp3) is 0.227. The molecule has 0 fully saturated rings. The van der Waals surface area contributed by atoms with Crippen LogP contribution in [0.25, 0.3) is 10.9 Å². The summed E-state index contributed by atoms with van der Waals surface area (Å²) in [5, 5.41) is 14.1. The van der Waals surface area contributed by atoms with Crippen molar-refractivity contribution < 1.29 is 31.5 Å². The van der Waals surface area contributed by atoms with Crippen LogP contribution < -0.4 is 15.4 Å². The summed E-state index contributed by atoms with van der Waals surface area (Å²) < 4.78 is 55.3. The van der Waals surface area contributed by atoms with Gasteiger partial charge in [0.1, 0.15) is 18.3 Å². The number of H-pyrrole nitrogens is 1. The minimum Gasteiger partial charge on any atom is -0.435 e. The molecule has 3 rings (SSSR count). The molecule has 0 unspecified atom stereocenters. The van der Waals surface area contributed by atoms with E-state index in [4.69, 9.17) is 5.26 Å². The molecule has 0 aliphatic heterocycles. The van der Waals surface area contributed by atoms with Gasteiger partial charge >= 0.3 is 6.61 Å². The maximum atomic E-state index is 12.8. The SMILES string of the molecule is N#CCNC(=O)[C@H](CS(=O)(=O)Cc1ccccc1OC(F)F)NC(=O)c1ccc2[nH]ccc2c1. The lowest BCUT2D eigenvalue weighted by molar-refractivity contribution is -0.122. The molecule has 9 nitrogen and oxygen atoms in total. The molecular formula is C22H20F2N4O5S. The Morgan fingerprint density at radius 2 is 1.91 bits per heavy atom. The van der Waals surface area contributed by atoms with Gasteiger partial charge in [0, 0.05) is 28.2 Å². The van der Waals surface area contributed by atoms with E-state index in [1.807, 2.05) is 0 Å². The van der Waals surface area contributed by atoms with Gasteiger partial charge in [-0.2, -0.15) is 14.0 Å². The molecule has 0 spiro atoms. The Balaban J connectivity index is 1.80. The topological polar surface area (TPSA) is 141 Å². The van der Waals surface area contributed by atoms with Crippen LogP contribution in [0.15, 0.2) is 54.7 Å². The number of aromatic amines is 1. The third kappa shape index (κ3) is 6.52. The van der Waals surface area contributed by atoms with Crippen molar-refractivity contribution in [3.8, 4) is 11.8 Å². The lowest BCUT2D eigenvalue weighted by atomic mass is 10.1. The molecule has 1 atom stereocenters. The zero-order valence-corrected chi connectivity index (χ0v) is 18.4. The Bertz CT molecular complexity index is 1330. The van der Waals surface area contributed by atoms with E-state index >= 15 is 0 Å². The average molecular weight is 490 g/mol. The lowest BCUT2D eigenvalue weighted by Gasteiger charge is -2.18. The first-order chi connectivity index (χ1) is 16.2. The van der Waals surface area contributed by atoms with Gasteiger partial charge in [-0.15, -0.1) is 0 Å². The van der Waals surface area contributed by atoms with Crippen LogP contribution in [0.2, 0.25) is 0 Å². The van der Waals surface area contributed by atoms with E-state index in [2.05, 4.69) is 20.4 Å². The van der Waals surface area contributed by atoms with Gasteiger partial charge in [0.15, 0.2) is 9.84 Å². The molecule has 1 heterocycles. The summed E-state index contributed by atoms with van der Waals surface area (Å²) in [5.74, 6) is -3.42. The van der Waals surface area contributed by atoms with E-state index in [0.717, 1.165) is 10.9 Å². The number of halogens is 2. The molecule has 0 saturated heterocycles. The zero-order valence-electron chi connectivity index (χ0n) is 17.6. The second-order valence-electron chi connectivity index (χ2n) is 7.22. The Hall–Kier alpha value is -3.98. The first kappa shape index (κ1) is 24.7. The molecule has 0 bridgehead atoms. The molecule has 3 N–H and O–H groups in total. The summed E-state index contributed by atoms with van der Waals surface area (Å²) in [5.41, 5.74) is 0.952. The number of hydrogen-bond donors (Lipinski definition) is 3. The number of aromatic nitrogens is 1. The maximum Gasteiger partial charge on any atom is 0.387 e. The number of ether oxygens (including phenoxy) is 1. The number of carbonyl (C=O) groups is 2. The van der Waals surface area contributed by atoms with E-state index in [1.54, 1.807) is 30.5 Å². The Kier molecular flexibility index (Phi) is 7.80. The third-order valence-electron chi connectivity index (χ3n) is 4.76. The fourth-order valence-corrected chi connectivity index (χ4v) is 4.83. The summed E-state index contributed by atoms with van der Waals surface area (Å²) >= 11 is 0. The van der Waals surface area contributed by atoms with E-state index < -0.39 is 52.4 Å². The number of carbonyl (C=O) groups excluding carboxylic acids is 2. The predicted molar refractivity (Wildman–Crippen MR) is 119 cm³/mol. The smallest absolute Gasteiger partial charge is 0.387 e. The largest absolute Gasteiger partial charge is 0.435 e. The number of nitrogens with zero attached hydrogens (tertiary/aromatic N) is 1. The summed E-state index contributed by atoms with van der Waals surface area (Å²) in [7, 11) is -4.10. The van der Waals surface area contributed by atoms with E-state index in [1.165, 1.54) is 30.3 Å². The summed E-state index contributed by atoms with van der Waals surface area (Å²) in [6.45, 7) is -3.55. The van der Waals surface area contributed by atoms with E-state index in [9.17, 15) is 26.8 Å². The summed E-state index contributed by atoms with van der Waals surface area (Å²) in [6, 6.07) is 12.0. The van der Waals surface area contributed by atoms with Gasteiger partial charge in [-0.25, -0.2) is 8.42 Å². The average Bonchev–Trinajstić information content (AvgIpc) is 3.25. The van der Waals surface area contributed by atoms with Crippen LogP contribution in [-0.4, -0.2) is 50.2 Å². The third-order valence-corrected chi connectivity index (χ3v) is 6.36. The highest BCUT2D eigenvalue weighted by Gasteiger charge is 2.28. The highest BCUT2D eigenvalue weighted by molar-refractivity contribution is 7.90.